The standard InChI is InChI=1S/C9H9F3N2O.C2H6/c10-9(11,12)7-3-1-6(5-14-7)2-4-8(13)15;1-2/h1,3,5H,2,4H2,(H2,13,15);1-2H3. The van der Waals surface area contributed by atoms with E-state index in [0.717, 1.165) is 12.3 Å². The predicted molar refractivity (Wildman–Crippen MR) is 58.1 cm³/mol. The van der Waals surface area contributed by atoms with Gasteiger partial charge in [-0.25, -0.2) is 0 Å². The molecule has 6 heteroatoms. The fourth-order valence-corrected chi connectivity index (χ4v) is 1.01. The third-order valence-corrected chi connectivity index (χ3v) is 1.78. The second-order valence-corrected chi connectivity index (χ2v) is 3.02. The van der Waals surface area contributed by atoms with Crippen LogP contribution >= 0.6 is 0 Å². The summed E-state index contributed by atoms with van der Waals surface area (Å²) >= 11 is 0. The Morgan fingerprint density at radius 2 is 1.94 bits per heavy atom. The summed E-state index contributed by atoms with van der Waals surface area (Å²) in [4.78, 5) is 13.7. The monoisotopic (exact) mass is 248 g/mol. The summed E-state index contributed by atoms with van der Waals surface area (Å²) in [5.74, 6) is -0.491. The average Bonchev–Trinajstić information content (AvgIpc) is 2.28. The maximum absolute atomic E-state index is 12.1. The summed E-state index contributed by atoms with van der Waals surface area (Å²) < 4.78 is 36.3. The van der Waals surface area contributed by atoms with E-state index in [0.29, 0.717) is 12.0 Å². The minimum atomic E-state index is -4.43. The summed E-state index contributed by atoms with van der Waals surface area (Å²) in [6, 6.07) is 2.18. The molecule has 1 rings (SSSR count). The van der Waals surface area contributed by atoms with E-state index in [1.165, 1.54) is 6.07 Å². The van der Waals surface area contributed by atoms with Gasteiger partial charge in [-0.3, -0.25) is 9.78 Å². The molecule has 1 amide bonds. The Balaban J connectivity index is 0.00000121. The highest BCUT2D eigenvalue weighted by atomic mass is 19.4. The van der Waals surface area contributed by atoms with Gasteiger partial charge in [-0.15, -0.1) is 0 Å². The second-order valence-electron chi connectivity index (χ2n) is 3.02. The smallest absolute Gasteiger partial charge is 0.370 e. The van der Waals surface area contributed by atoms with Crippen LogP contribution in [0.25, 0.3) is 0 Å². The molecule has 0 radical (unpaired) electrons. The Hall–Kier alpha value is -1.59. The first-order valence-corrected chi connectivity index (χ1v) is 5.20. The number of halogens is 3. The van der Waals surface area contributed by atoms with Crippen LogP contribution in [0.15, 0.2) is 18.3 Å². The molecule has 0 saturated heterocycles. The maximum Gasteiger partial charge on any atom is 0.433 e. The molecule has 0 aliphatic rings. The predicted octanol–water partition coefficient (Wildman–Crippen LogP) is 2.54. The Morgan fingerprint density at radius 3 is 2.29 bits per heavy atom. The van der Waals surface area contributed by atoms with Crippen molar-refractivity contribution < 1.29 is 18.0 Å². The van der Waals surface area contributed by atoms with Crippen molar-refractivity contribution in [2.45, 2.75) is 32.9 Å². The van der Waals surface area contributed by atoms with Gasteiger partial charge in [0.2, 0.25) is 5.91 Å². The number of hydrogen-bond acceptors (Lipinski definition) is 2. The molecule has 0 spiro atoms. The molecule has 0 atom stereocenters. The van der Waals surface area contributed by atoms with Crippen LogP contribution in [-0.2, 0) is 17.4 Å². The molecule has 0 bridgehead atoms. The van der Waals surface area contributed by atoms with Gasteiger partial charge in [-0.1, -0.05) is 19.9 Å². The van der Waals surface area contributed by atoms with Gasteiger partial charge in [0.1, 0.15) is 5.69 Å². The molecular weight excluding hydrogens is 233 g/mol. The van der Waals surface area contributed by atoms with Gasteiger partial charge in [0, 0.05) is 12.6 Å². The zero-order valence-electron chi connectivity index (χ0n) is 9.71. The summed E-state index contributed by atoms with van der Waals surface area (Å²) in [5, 5.41) is 0. The van der Waals surface area contributed by atoms with E-state index in [2.05, 4.69) is 4.98 Å². The number of rotatable bonds is 3. The Labute approximate surface area is 97.8 Å². The fraction of sp³-hybridized carbons (Fsp3) is 0.455. The zero-order chi connectivity index (χ0) is 13.5. The van der Waals surface area contributed by atoms with Gasteiger partial charge in [0.25, 0.3) is 0 Å². The van der Waals surface area contributed by atoms with Crippen molar-refractivity contribution >= 4 is 5.91 Å². The Morgan fingerprint density at radius 1 is 1.35 bits per heavy atom. The van der Waals surface area contributed by atoms with Crippen LogP contribution in [0.5, 0.6) is 0 Å². The number of primary amides is 1. The maximum atomic E-state index is 12.1. The number of carbonyl (C=O) groups is 1. The SMILES string of the molecule is CC.NC(=O)CCc1ccc(C(F)(F)F)nc1. The lowest BCUT2D eigenvalue weighted by atomic mass is 10.1. The molecule has 0 aromatic carbocycles. The van der Waals surface area contributed by atoms with Crippen LogP contribution in [0.3, 0.4) is 0 Å². The normalized spacial score (nSPS) is 10.4. The molecule has 96 valence electrons. The number of aromatic nitrogens is 1. The number of pyridine rings is 1. The van der Waals surface area contributed by atoms with Crippen LogP contribution < -0.4 is 5.73 Å². The Bertz CT molecular complexity index is 347. The highest BCUT2D eigenvalue weighted by molar-refractivity contribution is 5.73. The van der Waals surface area contributed by atoms with Crippen molar-refractivity contribution in [2.75, 3.05) is 0 Å². The Kier molecular flexibility index (Phi) is 6.23. The third kappa shape index (κ3) is 5.89. The molecule has 3 nitrogen and oxygen atoms in total. The number of amides is 1. The quantitative estimate of drug-likeness (QED) is 0.893. The van der Waals surface area contributed by atoms with E-state index in [-0.39, 0.29) is 6.42 Å². The largest absolute Gasteiger partial charge is 0.433 e. The number of alkyl halides is 3. The second kappa shape index (κ2) is 6.88. The first kappa shape index (κ1) is 15.4. The van der Waals surface area contributed by atoms with Gasteiger partial charge < -0.3 is 5.73 Å². The van der Waals surface area contributed by atoms with Crippen LogP contribution in [0.4, 0.5) is 13.2 Å². The number of nitrogens with two attached hydrogens (primary N) is 1. The topological polar surface area (TPSA) is 56.0 Å². The lowest BCUT2D eigenvalue weighted by Gasteiger charge is -2.05. The van der Waals surface area contributed by atoms with Crippen molar-refractivity contribution in [3.8, 4) is 0 Å². The molecular formula is C11H15F3N2O. The van der Waals surface area contributed by atoms with Crippen LogP contribution in [0.2, 0.25) is 0 Å². The molecule has 1 aromatic heterocycles. The third-order valence-electron chi connectivity index (χ3n) is 1.78. The van der Waals surface area contributed by atoms with Gasteiger partial charge >= 0.3 is 6.18 Å². The number of carbonyl (C=O) groups excluding carboxylic acids is 1. The van der Waals surface area contributed by atoms with E-state index in [9.17, 15) is 18.0 Å². The van der Waals surface area contributed by atoms with E-state index in [1.54, 1.807) is 0 Å². The van der Waals surface area contributed by atoms with Crippen molar-refractivity contribution in [1.82, 2.24) is 4.98 Å². The molecule has 0 unspecified atom stereocenters. The van der Waals surface area contributed by atoms with Crippen LogP contribution in [-0.4, -0.2) is 10.9 Å². The lowest BCUT2D eigenvalue weighted by Crippen LogP contribution is -2.12. The highest BCUT2D eigenvalue weighted by Crippen LogP contribution is 2.27. The molecule has 17 heavy (non-hydrogen) atoms. The van der Waals surface area contributed by atoms with E-state index in [4.69, 9.17) is 5.73 Å². The lowest BCUT2D eigenvalue weighted by molar-refractivity contribution is -0.141. The van der Waals surface area contributed by atoms with E-state index in [1.807, 2.05) is 13.8 Å². The summed E-state index contributed by atoms with van der Waals surface area (Å²) in [5.41, 5.74) is 4.52. The first-order chi connectivity index (χ1) is 7.89. The fourth-order valence-electron chi connectivity index (χ4n) is 1.01. The summed E-state index contributed by atoms with van der Waals surface area (Å²) in [6.45, 7) is 4.00. The number of aryl methyl sites for hydroxylation is 1. The first-order valence-electron chi connectivity index (χ1n) is 5.20. The van der Waals surface area contributed by atoms with Crippen molar-refractivity contribution in [1.29, 1.82) is 0 Å². The molecule has 0 fully saturated rings. The van der Waals surface area contributed by atoms with Crippen LogP contribution in [0.1, 0.15) is 31.5 Å². The number of nitrogens with zero attached hydrogens (tertiary/aromatic N) is 1. The summed E-state index contributed by atoms with van der Waals surface area (Å²) in [7, 11) is 0. The minimum Gasteiger partial charge on any atom is -0.370 e. The zero-order valence-corrected chi connectivity index (χ0v) is 9.71. The molecule has 2 N–H and O–H groups in total. The number of hydrogen-bond donors (Lipinski definition) is 1. The summed E-state index contributed by atoms with van der Waals surface area (Å²) in [6.07, 6.45) is -2.92. The molecule has 1 heterocycles. The van der Waals surface area contributed by atoms with Crippen molar-refractivity contribution in [2.24, 2.45) is 5.73 Å². The van der Waals surface area contributed by atoms with E-state index < -0.39 is 17.8 Å². The van der Waals surface area contributed by atoms with Gasteiger partial charge in [0.05, 0.1) is 0 Å². The average molecular weight is 248 g/mol. The molecule has 0 saturated carbocycles. The molecule has 0 aliphatic heterocycles. The van der Waals surface area contributed by atoms with Crippen molar-refractivity contribution in [3.05, 3.63) is 29.6 Å². The molecule has 0 aliphatic carbocycles. The highest BCUT2D eigenvalue weighted by Gasteiger charge is 2.31. The van der Waals surface area contributed by atoms with Crippen LogP contribution in [0, 0.1) is 0 Å². The van der Waals surface area contributed by atoms with E-state index >= 15 is 0 Å². The van der Waals surface area contributed by atoms with Gasteiger partial charge in [-0.05, 0) is 18.1 Å². The van der Waals surface area contributed by atoms with Crippen molar-refractivity contribution in [3.63, 3.8) is 0 Å². The molecule has 1 aromatic rings. The minimum absolute atomic E-state index is 0.104. The van der Waals surface area contributed by atoms with Gasteiger partial charge in [-0.2, -0.15) is 13.2 Å². The van der Waals surface area contributed by atoms with Gasteiger partial charge in [0.15, 0.2) is 0 Å².